The molecule has 0 spiro atoms. The summed E-state index contributed by atoms with van der Waals surface area (Å²) in [5.74, 6) is -0.830. The van der Waals surface area contributed by atoms with Crippen molar-refractivity contribution in [1.29, 1.82) is 0 Å². The fraction of sp³-hybridized carbons (Fsp3) is 0.857. The van der Waals surface area contributed by atoms with Crippen LogP contribution in [0.25, 0.3) is 0 Å². The molecule has 1 saturated heterocycles. The zero-order valence-corrected chi connectivity index (χ0v) is 12.7. The van der Waals surface area contributed by atoms with E-state index in [0.29, 0.717) is 13.0 Å². The Hall–Kier alpha value is -1.31. The molecule has 0 saturated carbocycles. The highest BCUT2D eigenvalue weighted by molar-refractivity contribution is 5.85. The molecular weight excluding hydrogens is 301 g/mol. The summed E-state index contributed by atoms with van der Waals surface area (Å²) in [4.78, 5) is 25.1. The summed E-state index contributed by atoms with van der Waals surface area (Å²) in [7, 11) is 0. The minimum absolute atomic E-state index is 0.0552. The van der Waals surface area contributed by atoms with E-state index >= 15 is 0 Å². The normalized spacial score (nSPS) is 20.0. The van der Waals surface area contributed by atoms with E-state index in [2.05, 4.69) is 5.32 Å². The second kappa shape index (κ2) is 8.36. The molecule has 1 aliphatic heterocycles. The number of alkyl halides is 3. The quantitative estimate of drug-likeness (QED) is 0.807. The van der Waals surface area contributed by atoms with Gasteiger partial charge in [-0.3, -0.25) is 9.59 Å². The highest BCUT2D eigenvalue weighted by Crippen LogP contribution is 2.23. The van der Waals surface area contributed by atoms with Gasteiger partial charge < -0.3 is 15.3 Å². The molecule has 5 nitrogen and oxygen atoms in total. The number of halogens is 3. The molecule has 2 N–H and O–H groups in total. The first-order chi connectivity index (χ1) is 10.3. The number of carbonyl (C=O) groups excluding carboxylic acids is 2. The monoisotopic (exact) mass is 324 g/mol. The number of hydrogen-bond acceptors (Lipinski definition) is 3. The Morgan fingerprint density at radius 2 is 1.95 bits per heavy atom. The number of carbonyl (C=O) groups is 2. The van der Waals surface area contributed by atoms with Crippen molar-refractivity contribution in [2.24, 2.45) is 0 Å². The number of aliphatic hydroxyl groups excluding tert-OH is 1. The lowest BCUT2D eigenvalue weighted by atomic mass is 10.1. The van der Waals surface area contributed by atoms with Crippen LogP contribution in [-0.4, -0.2) is 53.2 Å². The highest BCUT2D eigenvalue weighted by Gasteiger charge is 2.43. The molecule has 128 valence electrons. The molecule has 1 fully saturated rings. The molecule has 0 aromatic carbocycles. The lowest BCUT2D eigenvalue weighted by Gasteiger charge is -2.28. The van der Waals surface area contributed by atoms with Crippen molar-refractivity contribution in [3.05, 3.63) is 0 Å². The molecule has 8 heteroatoms. The number of hydrogen-bond donors (Lipinski definition) is 2. The third-order valence-electron chi connectivity index (χ3n) is 3.76. The topological polar surface area (TPSA) is 69.6 Å². The van der Waals surface area contributed by atoms with Gasteiger partial charge in [-0.05, 0) is 19.3 Å². The summed E-state index contributed by atoms with van der Waals surface area (Å²) in [5, 5.41) is 11.4. The lowest BCUT2D eigenvalue weighted by Crippen LogP contribution is -2.52. The van der Waals surface area contributed by atoms with Crippen molar-refractivity contribution in [2.75, 3.05) is 13.1 Å². The van der Waals surface area contributed by atoms with Gasteiger partial charge in [0.25, 0.3) is 0 Å². The molecule has 0 bridgehead atoms. The maximum atomic E-state index is 12.5. The molecule has 0 aromatic heterocycles. The Morgan fingerprint density at radius 3 is 2.55 bits per heavy atom. The third kappa shape index (κ3) is 5.82. The van der Waals surface area contributed by atoms with Crippen LogP contribution < -0.4 is 5.32 Å². The van der Waals surface area contributed by atoms with Crippen LogP contribution in [0.1, 0.15) is 45.4 Å². The van der Waals surface area contributed by atoms with Crippen LogP contribution in [0.5, 0.6) is 0 Å². The first-order valence-electron chi connectivity index (χ1n) is 7.57. The van der Waals surface area contributed by atoms with E-state index in [-0.39, 0.29) is 18.9 Å². The average Bonchev–Trinajstić information content (AvgIpc) is 2.42. The van der Waals surface area contributed by atoms with Crippen LogP contribution in [0.15, 0.2) is 0 Å². The minimum Gasteiger partial charge on any atom is -0.382 e. The van der Waals surface area contributed by atoms with Gasteiger partial charge in [-0.2, -0.15) is 13.2 Å². The third-order valence-corrected chi connectivity index (χ3v) is 3.76. The second-order valence-electron chi connectivity index (χ2n) is 5.55. The molecule has 0 aromatic rings. The Balaban J connectivity index is 2.57. The van der Waals surface area contributed by atoms with Crippen molar-refractivity contribution in [3.63, 3.8) is 0 Å². The molecule has 2 amide bonds. The summed E-state index contributed by atoms with van der Waals surface area (Å²) in [5.41, 5.74) is 0. The molecule has 0 radical (unpaired) electrons. The molecule has 1 aliphatic rings. The predicted molar refractivity (Wildman–Crippen MR) is 73.9 cm³/mol. The van der Waals surface area contributed by atoms with Gasteiger partial charge in [-0.15, -0.1) is 0 Å². The van der Waals surface area contributed by atoms with Crippen molar-refractivity contribution in [1.82, 2.24) is 10.2 Å². The van der Waals surface area contributed by atoms with E-state index in [1.165, 1.54) is 11.8 Å². The first kappa shape index (κ1) is 18.7. The molecule has 22 heavy (non-hydrogen) atoms. The molecule has 1 rings (SSSR count). The van der Waals surface area contributed by atoms with Gasteiger partial charge >= 0.3 is 6.18 Å². The Bertz CT molecular complexity index is 388. The van der Waals surface area contributed by atoms with Crippen LogP contribution in [0, 0.1) is 0 Å². The van der Waals surface area contributed by atoms with Crippen LogP contribution >= 0.6 is 0 Å². The van der Waals surface area contributed by atoms with E-state index in [1.54, 1.807) is 0 Å². The fourth-order valence-corrected chi connectivity index (χ4v) is 2.44. The summed E-state index contributed by atoms with van der Waals surface area (Å²) >= 11 is 0. The fourth-order valence-electron chi connectivity index (χ4n) is 2.44. The number of nitrogens with zero attached hydrogens (tertiary/aromatic N) is 1. The van der Waals surface area contributed by atoms with Crippen LogP contribution in [0.3, 0.4) is 0 Å². The van der Waals surface area contributed by atoms with Crippen molar-refractivity contribution in [2.45, 2.75) is 63.8 Å². The van der Waals surface area contributed by atoms with Gasteiger partial charge in [0.15, 0.2) is 6.10 Å². The van der Waals surface area contributed by atoms with Gasteiger partial charge in [-0.1, -0.05) is 19.8 Å². The van der Waals surface area contributed by atoms with Gasteiger partial charge in [0, 0.05) is 13.0 Å². The zero-order valence-electron chi connectivity index (χ0n) is 12.7. The number of rotatable bonds is 5. The van der Waals surface area contributed by atoms with Crippen LogP contribution in [0.4, 0.5) is 13.2 Å². The highest BCUT2D eigenvalue weighted by atomic mass is 19.4. The first-order valence-corrected chi connectivity index (χ1v) is 7.57. The number of aliphatic hydroxyl groups is 1. The Morgan fingerprint density at radius 1 is 1.32 bits per heavy atom. The van der Waals surface area contributed by atoms with E-state index in [1.807, 2.05) is 0 Å². The maximum absolute atomic E-state index is 12.5. The summed E-state index contributed by atoms with van der Waals surface area (Å²) in [6.45, 7) is 1.62. The largest absolute Gasteiger partial charge is 0.416 e. The lowest BCUT2D eigenvalue weighted by molar-refractivity contribution is -0.212. The number of likely N-dealkylation sites (tertiary alicyclic amines) is 1. The minimum atomic E-state index is -4.79. The molecule has 2 atom stereocenters. The smallest absolute Gasteiger partial charge is 0.382 e. The summed E-state index contributed by atoms with van der Waals surface area (Å²) in [6, 6.07) is -1.41. The van der Waals surface area contributed by atoms with E-state index < -0.39 is 24.2 Å². The average molecular weight is 324 g/mol. The van der Waals surface area contributed by atoms with Gasteiger partial charge in [-0.25, -0.2) is 0 Å². The maximum Gasteiger partial charge on any atom is 0.416 e. The SMILES string of the molecule is CC[C@@H](NC(=O)CN1CCCCCCC1=O)[C@H](O)C(F)(F)F. The Kier molecular flexibility index (Phi) is 7.12. The van der Waals surface area contributed by atoms with Crippen molar-refractivity contribution in [3.8, 4) is 0 Å². The molecule has 1 heterocycles. The van der Waals surface area contributed by atoms with Crippen molar-refractivity contribution < 1.29 is 27.9 Å². The summed E-state index contributed by atoms with van der Waals surface area (Å²) in [6.07, 6.45) is -3.61. The van der Waals surface area contributed by atoms with E-state index in [9.17, 15) is 27.9 Å². The number of nitrogens with one attached hydrogen (secondary N) is 1. The van der Waals surface area contributed by atoms with Crippen LogP contribution in [-0.2, 0) is 9.59 Å². The Labute approximate surface area is 127 Å². The van der Waals surface area contributed by atoms with Gasteiger partial charge in [0.2, 0.25) is 11.8 Å². The van der Waals surface area contributed by atoms with Crippen molar-refractivity contribution >= 4 is 11.8 Å². The predicted octanol–water partition coefficient (Wildman–Crippen LogP) is 1.60. The van der Waals surface area contributed by atoms with E-state index in [4.69, 9.17) is 0 Å². The van der Waals surface area contributed by atoms with Gasteiger partial charge in [0.05, 0.1) is 12.6 Å². The molecule has 0 unspecified atom stereocenters. The molecular formula is C14H23F3N2O3. The standard InChI is InChI=1S/C14H23F3N2O3/c1-2-10(13(22)14(15,16)17)18-11(20)9-19-8-6-4-3-5-7-12(19)21/h10,13,22H,2-9H2,1H3,(H,18,20)/t10-,13+/m1/s1. The van der Waals surface area contributed by atoms with Gasteiger partial charge in [0.1, 0.15) is 0 Å². The zero-order chi connectivity index (χ0) is 16.8. The summed E-state index contributed by atoms with van der Waals surface area (Å²) < 4.78 is 37.5. The van der Waals surface area contributed by atoms with Crippen LogP contribution in [0.2, 0.25) is 0 Å². The van der Waals surface area contributed by atoms with E-state index in [0.717, 1.165) is 25.7 Å². The number of amides is 2. The molecule has 0 aliphatic carbocycles. The second-order valence-corrected chi connectivity index (χ2v) is 5.55.